The Labute approximate surface area is 193 Å². The van der Waals surface area contributed by atoms with E-state index in [-0.39, 0.29) is 24.1 Å². The molecular weight excluding hydrogens is 422 g/mol. The van der Waals surface area contributed by atoms with Crippen molar-refractivity contribution in [3.63, 3.8) is 0 Å². The maximum Gasteiger partial charge on any atom is 0.290 e. The Kier molecular flexibility index (Phi) is 6.95. The first-order valence-corrected chi connectivity index (χ1v) is 11.3. The number of aryl methyl sites for hydroxylation is 1. The second kappa shape index (κ2) is 9.89. The van der Waals surface area contributed by atoms with Crippen LogP contribution in [-0.2, 0) is 16.1 Å². The second-order valence-electron chi connectivity index (χ2n) is 9.04. The minimum absolute atomic E-state index is 0.0418. The first kappa shape index (κ1) is 23.2. The average Bonchev–Trinajstić information content (AvgIpc) is 3.46. The number of aromatic nitrogens is 1. The third kappa shape index (κ3) is 4.72. The first-order valence-electron chi connectivity index (χ1n) is 11.3. The summed E-state index contributed by atoms with van der Waals surface area (Å²) in [5.74, 6) is 1.64. The number of likely N-dealkylation sites (tertiary alicyclic amines) is 1. The number of methoxy groups -OCH3 is 1. The molecule has 3 saturated heterocycles. The summed E-state index contributed by atoms with van der Waals surface area (Å²) in [6, 6.07) is 12.1. The highest BCUT2D eigenvalue weighted by molar-refractivity contribution is 5.93. The topological polar surface area (TPSA) is 101 Å². The number of amides is 1. The van der Waals surface area contributed by atoms with E-state index in [4.69, 9.17) is 19.4 Å². The van der Waals surface area contributed by atoms with Gasteiger partial charge in [-0.3, -0.25) is 19.5 Å². The molecule has 3 fully saturated rings. The number of pyridine rings is 1. The second-order valence-corrected chi connectivity index (χ2v) is 9.04. The number of carbonyl (C=O) groups is 2. The number of nitrogens with one attached hydrogen (secondary N) is 1. The van der Waals surface area contributed by atoms with Crippen LogP contribution in [0.4, 0.5) is 0 Å². The number of hydrogen-bond donors (Lipinski definition) is 2. The van der Waals surface area contributed by atoms with Crippen LogP contribution in [0.1, 0.15) is 34.5 Å². The zero-order chi connectivity index (χ0) is 23.4. The number of carbonyl (C=O) groups excluding carboxylic acids is 1. The SMILES string of the molecule is COc1cccc(CN2C[C@@H]3[C@H](CNC(=O)c4ncccc4C)[C@H]4CC[C@]3(C2)O4)c1.O=CO. The fourth-order valence-electron chi connectivity index (χ4n) is 5.73. The van der Waals surface area contributed by atoms with E-state index in [1.54, 1.807) is 13.3 Å². The Morgan fingerprint density at radius 1 is 1.39 bits per heavy atom. The average molecular weight is 454 g/mol. The number of ether oxygens (including phenoxy) is 2. The van der Waals surface area contributed by atoms with E-state index in [1.807, 2.05) is 31.2 Å². The molecule has 8 heteroatoms. The van der Waals surface area contributed by atoms with Crippen molar-refractivity contribution >= 4 is 12.4 Å². The van der Waals surface area contributed by atoms with Gasteiger partial charge in [-0.1, -0.05) is 18.2 Å². The largest absolute Gasteiger partial charge is 0.497 e. The van der Waals surface area contributed by atoms with Gasteiger partial charge in [0.15, 0.2) is 0 Å². The standard InChI is InChI=1S/C24H29N3O3.CH2O2/c1-16-5-4-10-25-22(16)23(28)26-12-19-20-14-27(15-24(20)9-8-21(19)30-24)13-17-6-3-7-18(11-17)29-2;2-1-3/h3-7,10-11,19-21H,8-9,12-15H2,1-2H3,(H,26,28);1H,(H,2,3)/t19-,20+,21+,24+;/m0./s1. The van der Waals surface area contributed by atoms with Crippen molar-refractivity contribution in [3.05, 3.63) is 59.4 Å². The number of benzene rings is 1. The molecule has 5 rings (SSSR count). The predicted molar refractivity (Wildman–Crippen MR) is 122 cm³/mol. The van der Waals surface area contributed by atoms with Crippen molar-refractivity contribution in [2.24, 2.45) is 11.8 Å². The van der Waals surface area contributed by atoms with Gasteiger partial charge >= 0.3 is 0 Å². The Morgan fingerprint density at radius 3 is 2.97 bits per heavy atom. The molecule has 3 aliphatic heterocycles. The van der Waals surface area contributed by atoms with Gasteiger partial charge in [-0.2, -0.15) is 0 Å². The highest BCUT2D eigenvalue weighted by Crippen LogP contribution is 2.54. The zero-order valence-corrected chi connectivity index (χ0v) is 19.1. The van der Waals surface area contributed by atoms with Crippen LogP contribution in [0, 0.1) is 18.8 Å². The lowest BCUT2D eigenvalue weighted by Gasteiger charge is -2.29. The minimum Gasteiger partial charge on any atom is -0.497 e. The molecular formula is C25H31N3O5. The molecule has 1 amide bonds. The van der Waals surface area contributed by atoms with Crippen molar-refractivity contribution in [1.29, 1.82) is 0 Å². The molecule has 0 aliphatic carbocycles. The molecule has 33 heavy (non-hydrogen) atoms. The number of hydrogen-bond acceptors (Lipinski definition) is 6. The highest BCUT2D eigenvalue weighted by atomic mass is 16.5. The van der Waals surface area contributed by atoms with Crippen LogP contribution >= 0.6 is 0 Å². The third-order valence-electron chi connectivity index (χ3n) is 7.12. The molecule has 8 nitrogen and oxygen atoms in total. The van der Waals surface area contributed by atoms with Gasteiger partial charge in [-0.15, -0.1) is 0 Å². The Bertz CT molecular complexity index is 1000. The molecule has 3 aliphatic rings. The van der Waals surface area contributed by atoms with Crippen LogP contribution in [0.5, 0.6) is 5.75 Å². The van der Waals surface area contributed by atoms with Gasteiger partial charge in [0.05, 0.1) is 18.8 Å². The van der Waals surface area contributed by atoms with E-state index in [2.05, 4.69) is 27.3 Å². The van der Waals surface area contributed by atoms with Crippen LogP contribution in [0.2, 0.25) is 0 Å². The van der Waals surface area contributed by atoms with Crippen molar-refractivity contribution in [1.82, 2.24) is 15.2 Å². The van der Waals surface area contributed by atoms with Crippen molar-refractivity contribution in [2.45, 2.75) is 38.0 Å². The summed E-state index contributed by atoms with van der Waals surface area (Å²) in [6.45, 7) is 5.20. The molecule has 1 aromatic heterocycles. The summed E-state index contributed by atoms with van der Waals surface area (Å²) in [6.07, 6.45) is 4.15. The highest BCUT2D eigenvalue weighted by Gasteiger charge is 2.62. The number of fused-ring (bicyclic) bond motifs is 1. The molecule has 1 spiro atoms. The molecule has 4 atom stereocenters. The van der Waals surface area contributed by atoms with Crippen LogP contribution in [0.15, 0.2) is 42.6 Å². The molecule has 176 valence electrons. The summed E-state index contributed by atoms with van der Waals surface area (Å²) >= 11 is 0. The smallest absolute Gasteiger partial charge is 0.290 e. The fraction of sp³-hybridized carbons (Fsp3) is 0.480. The monoisotopic (exact) mass is 453 g/mol. The van der Waals surface area contributed by atoms with Gasteiger partial charge in [0, 0.05) is 44.2 Å². The van der Waals surface area contributed by atoms with E-state index in [1.165, 1.54) is 5.56 Å². The van der Waals surface area contributed by atoms with Crippen molar-refractivity contribution in [2.75, 3.05) is 26.7 Å². The molecule has 0 saturated carbocycles. The quantitative estimate of drug-likeness (QED) is 0.648. The van der Waals surface area contributed by atoms with Gasteiger partial charge in [0.25, 0.3) is 12.4 Å². The zero-order valence-electron chi connectivity index (χ0n) is 19.1. The van der Waals surface area contributed by atoms with E-state index >= 15 is 0 Å². The summed E-state index contributed by atoms with van der Waals surface area (Å²) in [7, 11) is 1.70. The fourth-order valence-corrected chi connectivity index (χ4v) is 5.73. The van der Waals surface area contributed by atoms with Gasteiger partial charge < -0.3 is 19.9 Å². The third-order valence-corrected chi connectivity index (χ3v) is 7.12. The van der Waals surface area contributed by atoms with Crippen LogP contribution in [0.3, 0.4) is 0 Å². The molecule has 2 bridgehead atoms. The first-order chi connectivity index (χ1) is 16.0. The lowest BCUT2D eigenvalue weighted by Crippen LogP contribution is -2.42. The maximum absolute atomic E-state index is 12.6. The molecule has 1 aromatic carbocycles. The summed E-state index contributed by atoms with van der Waals surface area (Å²) in [5.41, 5.74) is 2.64. The number of carboxylic acid groups (broad SMARTS) is 1. The van der Waals surface area contributed by atoms with Crippen LogP contribution in [0.25, 0.3) is 0 Å². The van der Waals surface area contributed by atoms with Gasteiger partial charge in [-0.05, 0) is 49.1 Å². The van der Waals surface area contributed by atoms with E-state index < -0.39 is 0 Å². The van der Waals surface area contributed by atoms with E-state index in [9.17, 15) is 4.79 Å². The molecule has 2 aromatic rings. The van der Waals surface area contributed by atoms with Crippen LogP contribution < -0.4 is 10.1 Å². The van der Waals surface area contributed by atoms with E-state index in [0.29, 0.717) is 24.1 Å². The minimum atomic E-state index is -0.250. The Morgan fingerprint density at radius 2 is 2.21 bits per heavy atom. The summed E-state index contributed by atoms with van der Waals surface area (Å²) in [4.78, 5) is 27.8. The summed E-state index contributed by atoms with van der Waals surface area (Å²) < 4.78 is 11.9. The molecule has 0 unspecified atom stereocenters. The van der Waals surface area contributed by atoms with Gasteiger partial charge in [-0.25, -0.2) is 0 Å². The lowest BCUT2D eigenvalue weighted by molar-refractivity contribution is -0.122. The maximum atomic E-state index is 12.6. The normalized spacial score (nSPS) is 27.4. The number of rotatable bonds is 6. The molecule has 2 N–H and O–H groups in total. The van der Waals surface area contributed by atoms with Gasteiger partial charge in [0.1, 0.15) is 11.4 Å². The van der Waals surface area contributed by atoms with Crippen LogP contribution in [-0.4, -0.2) is 65.8 Å². The summed E-state index contributed by atoms with van der Waals surface area (Å²) in [5, 5.41) is 10.0. The lowest BCUT2D eigenvalue weighted by atomic mass is 9.73. The Balaban J connectivity index is 0.000000821. The molecule has 4 heterocycles. The van der Waals surface area contributed by atoms with Crippen molar-refractivity contribution < 1.29 is 24.2 Å². The number of nitrogens with zero attached hydrogens (tertiary/aromatic N) is 2. The van der Waals surface area contributed by atoms with E-state index in [0.717, 1.165) is 43.8 Å². The van der Waals surface area contributed by atoms with Gasteiger partial charge in [0.2, 0.25) is 0 Å². The molecule has 0 radical (unpaired) electrons. The predicted octanol–water partition coefficient (Wildman–Crippen LogP) is 2.51. The van der Waals surface area contributed by atoms with Crippen molar-refractivity contribution in [3.8, 4) is 5.75 Å². The Hall–Kier alpha value is -2.97.